The molecule has 1 fully saturated rings. The van der Waals surface area contributed by atoms with Crippen molar-refractivity contribution in [3.63, 3.8) is 0 Å². The Bertz CT molecular complexity index is 1960. The molecule has 3 aromatic rings. The first-order valence-electron chi connectivity index (χ1n) is 14.9. The second kappa shape index (κ2) is 12.7. The quantitative estimate of drug-likeness (QED) is 0.139. The van der Waals surface area contributed by atoms with Crippen molar-refractivity contribution < 1.29 is 18.0 Å². The lowest BCUT2D eigenvalue weighted by molar-refractivity contribution is -0.130. The third-order valence-electron chi connectivity index (χ3n) is 8.70. The normalized spacial score (nSPS) is 21.3. The van der Waals surface area contributed by atoms with Crippen molar-refractivity contribution >= 4 is 57.2 Å². The van der Waals surface area contributed by atoms with E-state index in [9.17, 15) is 19.2 Å². The van der Waals surface area contributed by atoms with E-state index >= 15 is 8.78 Å². The van der Waals surface area contributed by atoms with Crippen molar-refractivity contribution in [3.05, 3.63) is 74.4 Å². The fourth-order valence-electron chi connectivity index (χ4n) is 6.63. The molecule has 4 heterocycles. The van der Waals surface area contributed by atoms with Gasteiger partial charge in [0.15, 0.2) is 17.5 Å². The van der Waals surface area contributed by atoms with E-state index in [-0.39, 0.29) is 70.2 Å². The van der Waals surface area contributed by atoms with Crippen LogP contribution < -0.4 is 16.2 Å². The van der Waals surface area contributed by atoms with Gasteiger partial charge in [-0.3, -0.25) is 19.1 Å². The van der Waals surface area contributed by atoms with Gasteiger partial charge in [-0.15, -0.1) is 0 Å². The van der Waals surface area contributed by atoms with Gasteiger partial charge in [-0.2, -0.15) is 5.26 Å². The number of allylic oxidation sites excluding steroid dienone is 1. The Labute approximate surface area is 279 Å². The number of aliphatic imine (C=N–C) groups is 1. The smallest absolute Gasteiger partial charge is 0.272 e. The number of fused-ring (bicyclic) bond motifs is 1. The molecule has 9 nitrogen and oxygen atoms in total. The Kier molecular flexibility index (Phi) is 9.18. The van der Waals surface area contributed by atoms with Crippen LogP contribution in [-0.4, -0.2) is 51.2 Å². The molecule has 14 heteroatoms. The minimum Gasteiger partial charge on any atom is -0.395 e. The molecule has 47 heavy (non-hydrogen) atoms. The van der Waals surface area contributed by atoms with Gasteiger partial charge in [-0.1, -0.05) is 56.6 Å². The van der Waals surface area contributed by atoms with Gasteiger partial charge in [0.25, 0.3) is 5.56 Å². The molecule has 4 atom stereocenters. The van der Waals surface area contributed by atoms with Gasteiger partial charge in [-0.25, -0.2) is 18.2 Å². The molecule has 2 aliphatic rings. The molecule has 246 valence electrons. The lowest BCUT2D eigenvalue weighted by Crippen LogP contribution is -2.58. The Balaban J connectivity index is 1.91. The summed E-state index contributed by atoms with van der Waals surface area (Å²) < 4.78 is 47.0. The number of nitriles is 1. The monoisotopic (exact) mass is 685 g/mol. The van der Waals surface area contributed by atoms with Gasteiger partial charge in [0.05, 0.1) is 33.7 Å². The lowest BCUT2D eigenvalue weighted by Gasteiger charge is -2.45. The number of nitrogens with two attached hydrogens (primary N) is 1. The molecule has 5 rings (SSSR count). The van der Waals surface area contributed by atoms with Crippen LogP contribution in [0.3, 0.4) is 0 Å². The van der Waals surface area contributed by atoms with Gasteiger partial charge in [-0.05, 0) is 31.9 Å². The predicted molar refractivity (Wildman–Crippen MR) is 178 cm³/mol. The molecule has 2 N–H and O–H groups in total. The number of amides is 1. The van der Waals surface area contributed by atoms with Crippen LogP contribution in [0.5, 0.6) is 0 Å². The Morgan fingerprint density at radius 2 is 1.79 bits per heavy atom. The number of halogens is 5. The Hall–Kier alpha value is -4.34. The van der Waals surface area contributed by atoms with Crippen LogP contribution in [0, 0.1) is 40.6 Å². The highest BCUT2D eigenvalue weighted by Gasteiger charge is 2.38. The van der Waals surface area contributed by atoms with Crippen molar-refractivity contribution in [2.45, 2.75) is 52.7 Å². The van der Waals surface area contributed by atoms with Crippen LogP contribution in [0.2, 0.25) is 10.0 Å². The molecule has 2 aliphatic heterocycles. The lowest BCUT2D eigenvalue weighted by atomic mass is 9.88. The summed E-state index contributed by atoms with van der Waals surface area (Å²) in [5.41, 5.74) is 3.16. The van der Waals surface area contributed by atoms with E-state index < -0.39 is 51.0 Å². The van der Waals surface area contributed by atoms with Gasteiger partial charge in [0.2, 0.25) is 5.91 Å². The maximum Gasteiger partial charge on any atom is 0.272 e. The first-order valence-corrected chi connectivity index (χ1v) is 15.7. The second-order valence-electron chi connectivity index (χ2n) is 12.2. The molecule has 0 bridgehead atoms. The van der Waals surface area contributed by atoms with Crippen LogP contribution in [0.4, 0.5) is 24.5 Å². The highest BCUT2D eigenvalue weighted by molar-refractivity contribution is 6.35. The summed E-state index contributed by atoms with van der Waals surface area (Å²) in [6.07, 6.45) is 4.65. The summed E-state index contributed by atoms with van der Waals surface area (Å²) in [6.45, 7) is 13.4. The van der Waals surface area contributed by atoms with E-state index in [1.165, 1.54) is 16.7 Å². The summed E-state index contributed by atoms with van der Waals surface area (Å²) in [4.78, 5) is 39.7. The SMILES string of the molecule is C=CC(=O)N1[C@H](C)CN(c2c(C#N)c(=O)n(C3C(C(C)C)=NC=C[C@H]3C)c3nc(-c4c(F)c(N)c(Cl)c(F)c4F)c(Cl)cc23)C[C@@H]1C. The minimum absolute atomic E-state index is 0.0680. The highest BCUT2D eigenvalue weighted by atomic mass is 35.5. The molecular weight excluding hydrogens is 654 g/mol. The number of hydrogen-bond donors (Lipinski definition) is 1. The second-order valence-corrected chi connectivity index (χ2v) is 12.9. The number of rotatable bonds is 5. The Morgan fingerprint density at radius 1 is 1.15 bits per heavy atom. The van der Waals surface area contributed by atoms with Crippen molar-refractivity contribution in [2.24, 2.45) is 16.8 Å². The van der Waals surface area contributed by atoms with E-state index in [0.717, 1.165) is 0 Å². The van der Waals surface area contributed by atoms with Gasteiger partial charge in [0, 0.05) is 48.4 Å². The Morgan fingerprint density at radius 3 is 2.36 bits per heavy atom. The topological polar surface area (TPSA) is 121 Å². The zero-order valence-electron chi connectivity index (χ0n) is 26.3. The van der Waals surface area contributed by atoms with E-state index in [1.54, 1.807) is 22.1 Å². The number of anilines is 2. The first-order chi connectivity index (χ1) is 22.2. The van der Waals surface area contributed by atoms with Crippen LogP contribution in [-0.2, 0) is 4.79 Å². The fourth-order valence-corrected chi connectivity index (χ4v) is 7.04. The molecule has 2 aromatic heterocycles. The van der Waals surface area contributed by atoms with Crippen LogP contribution in [0.1, 0.15) is 46.2 Å². The zero-order valence-corrected chi connectivity index (χ0v) is 27.8. The molecule has 0 aliphatic carbocycles. The standard InChI is InChI=1S/C33H32Cl2F3N7O2/c1-7-21(46)44-16(5)12-43(13-17(44)6)31-18-10-20(34)29(22-24(36)26(38)23(35)27(40)25(22)37)42-32(18)45(33(47)19(31)11-39)30-15(4)8-9-41-28(30)14(2)3/h7-10,14-17,30H,1,12-13,40H2,2-6H3/t15-,16-,17+,30?/m1/s1. The van der Waals surface area contributed by atoms with Crippen LogP contribution in [0.15, 0.2) is 40.8 Å². The summed E-state index contributed by atoms with van der Waals surface area (Å²) in [5.74, 6) is -5.38. The van der Waals surface area contributed by atoms with Gasteiger partial charge in [0.1, 0.15) is 22.3 Å². The molecule has 0 radical (unpaired) electrons. The molecule has 1 aromatic carbocycles. The average molecular weight is 687 g/mol. The molecule has 1 amide bonds. The number of nitrogen functional groups attached to an aromatic ring is 1. The van der Waals surface area contributed by atoms with Crippen molar-refractivity contribution in [2.75, 3.05) is 23.7 Å². The number of pyridine rings is 2. The van der Waals surface area contributed by atoms with Crippen molar-refractivity contribution in [3.8, 4) is 17.3 Å². The predicted octanol–water partition coefficient (Wildman–Crippen LogP) is 6.65. The molecule has 1 saturated heterocycles. The third kappa shape index (κ3) is 5.45. The summed E-state index contributed by atoms with van der Waals surface area (Å²) in [5, 5.41) is 9.48. The molecule has 0 saturated carbocycles. The van der Waals surface area contributed by atoms with E-state index in [4.69, 9.17) is 28.9 Å². The van der Waals surface area contributed by atoms with E-state index in [2.05, 4.69) is 22.6 Å². The van der Waals surface area contributed by atoms with Crippen LogP contribution in [0.25, 0.3) is 22.3 Å². The maximum atomic E-state index is 15.5. The minimum atomic E-state index is -1.66. The number of nitrogens with zero attached hydrogens (tertiary/aromatic N) is 6. The molecule has 1 unspecified atom stereocenters. The van der Waals surface area contributed by atoms with Gasteiger partial charge < -0.3 is 15.5 Å². The molecular formula is C33H32Cl2F3N7O2. The maximum absolute atomic E-state index is 15.5. The number of hydrogen-bond acceptors (Lipinski definition) is 7. The first kappa shape index (κ1) is 34.0. The zero-order chi connectivity index (χ0) is 34.6. The van der Waals surface area contributed by atoms with E-state index in [0.29, 0.717) is 5.71 Å². The number of aromatic nitrogens is 2. The number of benzene rings is 1. The summed E-state index contributed by atoms with van der Waals surface area (Å²) in [7, 11) is 0. The van der Waals surface area contributed by atoms with Crippen molar-refractivity contribution in [1.82, 2.24) is 14.5 Å². The number of piperazine rings is 1. The fraction of sp³-hybridized carbons (Fsp3) is 0.364. The van der Waals surface area contributed by atoms with Crippen LogP contribution >= 0.6 is 23.2 Å². The number of carbonyl (C=O) groups is 1. The van der Waals surface area contributed by atoms with Crippen molar-refractivity contribution in [1.29, 1.82) is 5.26 Å². The number of carbonyl (C=O) groups excluding carboxylic acids is 1. The summed E-state index contributed by atoms with van der Waals surface area (Å²) >= 11 is 12.4. The average Bonchev–Trinajstić information content (AvgIpc) is 3.02. The van der Waals surface area contributed by atoms with Gasteiger partial charge >= 0.3 is 0 Å². The highest BCUT2D eigenvalue weighted by Crippen LogP contribution is 2.42. The molecule has 0 spiro atoms. The third-order valence-corrected chi connectivity index (χ3v) is 9.36. The summed E-state index contributed by atoms with van der Waals surface area (Å²) in [6, 6.07) is 1.95. The van der Waals surface area contributed by atoms with E-state index in [1.807, 2.05) is 34.6 Å². The largest absolute Gasteiger partial charge is 0.395 e.